The highest BCUT2D eigenvalue weighted by Crippen LogP contribution is 2.53. The predicted molar refractivity (Wildman–Crippen MR) is 273 cm³/mol. The highest BCUT2D eigenvalue weighted by Gasteiger charge is 2.46. The number of rotatable bonds is 4. The lowest BCUT2D eigenvalue weighted by molar-refractivity contribution is 0.668. The molecule has 2 aliphatic heterocycles. The van der Waals surface area contributed by atoms with Gasteiger partial charge in [-0.3, -0.25) is 0 Å². The van der Waals surface area contributed by atoms with Crippen LogP contribution in [0.25, 0.3) is 88.1 Å². The lowest BCUT2D eigenvalue weighted by Gasteiger charge is -2.44. The summed E-state index contributed by atoms with van der Waals surface area (Å²) in [5.41, 5.74) is 19.2. The van der Waals surface area contributed by atoms with E-state index in [2.05, 4.69) is 210 Å². The molecule has 306 valence electrons. The zero-order valence-corrected chi connectivity index (χ0v) is 35.4. The number of anilines is 6. The molecule has 0 aliphatic carbocycles. The summed E-state index contributed by atoms with van der Waals surface area (Å²) in [6.07, 6.45) is 0. The van der Waals surface area contributed by atoms with Crippen LogP contribution in [0.2, 0.25) is 0 Å². The van der Waals surface area contributed by atoms with E-state index < -0.39 is 0 Å². The van der Waals surface area contributed by atoms with Crippen LogP contribution < -0.4 is 26.2 Å². The number of hydrogen-bond donors (Lipinski definition) is 0. The van der Waals surface area contributed by atoms with E-state index in [1.165, 1.54) is 10.9 Å². The van der Waals surface area contributed by atoms with Crippen LogP contribution in [0.5, 0.6) is 0 Å². The number of furan rings is 3. The highest BCUT2D eigenvalue weighted by molar-refractivity contribution is 7.01. The van der Waals surface area contributed by atoms with Crippen LogP contribution in [0.1, 0.15) is 0 Å². The molecule has 6 heteroatoms. The molecule has 15 rings (SSSR count). The summed E-state index contributed by atoms with van der Waals surface area (Å²) in [5.74, 6) is 0. The van der Waals surface area contributed by atoms with Gasteiger partial charge in [0.05, 0.1) is 11.4 Å². The third kappa shape index (κ3) is 4.79. The smallest absolute Gasteiger partial charge is 0.257 e. The first-order valence-electron chi connectivity index (χ1n) is 22.5. The van der Waals surface area contributed by atoms with Crippen molar-refractivity contribution in [2.45, 2.75) is 0 Å². The van der Waals surface area contributed by atoms with Crippen molar-refractivity contribution >= 4 is 123 Å². The molecular weight excluding hydrogens is 807 g/mol. The van der Waals surface area contributed by atoms with E-state index in [4.69, 9.17) is 13.3 Å². The number of nitrogens with zero attached hydrogens (tertiary/aromatic N) is 2. The van der Waals surface area contributed by atoms with E-state index in [0.717, 1.165) is 128 Å². The molecule has 0 saturated carbocycles. The summed E-state index contributed by atoms with van der Waals surface area (Å²) in [5, 5.41) is 6.50. The second kappa shape index (κ2) is 13.4. The number of fused-ring (bicyclic) bond motifs is 14. The second-order valence-corrected chi connectivity index (χ2v) is 17.5. The summed E-state index contributed by atoms with van der Waals surface area (Å²) in [6, 6.07) is 75.8. The topological polar surface area (TPSA) is 45.9 Å². The van der Waals surface area contributed by atoms with E-state index in [1.807, 2.05) is 12.1 Å². The summed E-state index contributed by atoms with van der Waals surface area (Å²) in [7, 11) is 0. The van der Waals surface area contributed by atoms with Gasteiger partial charge in [0, 0.05) is 66.2 Å². The van der Waals surface area contributed by atoms with Crippen molar-refractivity contribution < 1.29 is 13.3 Å². The first-order valence-corrected chi connectivity index (χ1v) is 22.5. The lowest BCUT2D eigenvalue weighted by Crippen LogP contribution is -2.61. The van der Waals surface area contributed by atoms with Gasteiger partial charge in [0.25, 0.3) is 6.71 Å². The Morgan fingerprint density at radius 1 is 0.288 bits per heavy atom. The van der Waals surface area contributed by atoms with Crippen LogP contribution in [0.15, 0.2) is 226 Å². The van der Waals surface area contributed by atoms with Gasteiger partial charge in [-0.1, -0.05) is 152 Å². The monoisotopic (exact) mass is 842 g/mol. The SMILES string of the molecule is c1ccc(-c2ccc3c(oc4ccccc43)c2N2c3ccccc3B3c4c2cccc4N(c2c(-c4ccccc4)ccc4c2oc2ccccc24)c2ccc4c(oc5ccccc54)c23)cc1. The van der Waals surface area contributed by atoms with Crippen LogP contribution in [-0.4, -0.2) is 6.71 Å². The van der Waals surface area contributed by atoms with Gasteiger partial charge in [-0.05, 0) is 88.2 Å². The van der Waals surface area contributed by atoms with Crippen molar-refractivity contribution in [2.75, 3.05) is 9.80 Å². The van der Waals surface area contributed by atoms with Crippen molar-refractivity contribution in [1.29, 1.82) is 0 Å². The number of benzene rings is 10. The summed E-state index contributed by atoms with van der Waals surface area (Å²) in [4.78, 5) is 4.94. The molecular formula is C60H35BN2O3. The van der Waals surface area contributed by atoms with E-state index >= 15 is 0 Å². The molecule has 3 aromatic heterocycles. The summed E-state index contributed by atoms with van der Waals surface area (Å²) < 4.78 is 21.2. The van der Waals surface area contributed by atoms with Crippen molar-refractivity contribution in [3.63, 3.8) is 0 Å². The average molecular weight is 843 g/mol. The molecule has 0 fully saturated rings. The Hall–Kier alpha value is -8.74. The van der Waals surface area contributed by atoms with Gasteiger partial charge in [0.2, 0.25) is 0 Å². The molecule has 10 aromatic carbocycles. The molecule has 5 nitrogen and oxygen atoms in total. The maximum atomic E-state index is 7.11. The molecule has 0 bridgehead atoms. The third-order valence-electron chi connectivity index (χ3n) is 14.1. The maximum absolute atomic E-state index is 7.11. The van der Waals surface area contributed by atoms with E-state index in [0.29, 0.717) is 0 Å². The van der Waals surface area contributed by atoms with Crippen molar-refractivity contribution in [3.8, 4) is 22.3 Å². The van der Waals surface area contributed by atoms with Crippen molar-refractivity contribution in [3.05, 3.63) is 212 Å². The second-order valence-electron chi connectivity index (χ2n) is 17.5. The normalized spacial score (nSPS) is 13.1. The van der Waals surface area contributed by atoms with Gasteiger partial charge in [0.15, 0.2) is 11.2 Å². The van der Waals surface area contributed by atoms with Crippen LogP contribution in [0.3, 0.4) is 0 Å². The molecule has 0 atom stereocenters. The molecule has 2 aliphatic rings. The quantitative estimate of drug-likeness (QED) is 0.165. The molecule has 5 heterocycles. The van der Waals surface area contributed by atoms with Crippen molar-refractivity contribution in [1.82, 2.24) is 0 Å². The maximum Gasteiger partial charge on any atom is 0.257 e. The first-order chi connectivity index (χ1) is 32.8. The molecule has 0 amide bonds. The van der Waals surface area contributed by atoms with E-state index in [9.17, 15) is 0 Å². The molecule has 0 radical (unpaired) electrons. The molecule has 0 saturated heterocycles. The Morgan fingerprint density at radius 2 is 0.697 bits per heavy atom. The molecule has 0 unspecified atom stereocenters. The van der Waals surface area contributed by atoms with Crippen LogP contribution in [0, 0.1) is 0 Å². The fraction of sp³-hybridized carbons (Fsp3) is 0. The fourth-order valence-corrected chi connectivity index (χ4v) is 11.3. The van der Waals surface area contributed by atoms with Gasteiger partial charge in [0.1, 0.15) is 22.3 Å². The summed E-state index contributed by atoms with van der Waals surface area (Å²) in [6.45, 7) is -0.190. The molecule has 66 heavy (non-hydrogen) atoms. The van der Waals surface area contributed by atoms with Gasteiger partial charge in [-0.25, -0.2) is 0 Å². The lowest BCUT2D eigenvalue weighted by atomic mass is 9.33. The van der Waals surface area contributed by atoms with Gasteiger partial charge in [-0.2, -0.15) is 0 Å². The zero-order chi connectivity index (χ0) is 43.0. The molecule has 13 aromatic rings. The van der Waals surface area contributed by atoms with Gasteiger partial charge in [-0.15, -0.1) is 0 Å². The Kier molecular flexibility index (Phi) is 7.24. The Labute approximate surface area is 379 Å². The van der Waals surface area contributed by atoms with Crippen LogP contribution in [-0.2, 0) is 0 Å². The largest absolute Gasteiger partial charge is 0.457 e. The van der Waals surface area contributed by atoms with Gasteiger partial charge < -0.3 is 23.1 Å². The minimum atomic E-state index is -0.190. The predicted octanol–water partition coefficient (Wildman–Crippen LogP) is 14.8. The average Bonchev–Trinajstić information content (AvgIpc) is 4.08. The third-order valence-corrected chi connectivity index (χ3v) is 14.1. The summed E-state index contributed by atoms with van der Waals surface area (Å²) >= 11 is 0. The van der Waals surface area contributed by atoms with E-state index in [1.54, 1.807) is 0 Å². The fourth-order valence-electron chi connectivity index (χ4n) is 11.3. The Balaban J connectivity index is 1.11. The van der Waals surface area contributed by atoms with E-state index in [-0.39, 0.29) is 6.71 Å². The standard InChI is InChI=1S/C60H35BN2O3/c1-3-16-36(17-4-1)38-30-32-44-41-21-8-13-28-52(41)65-59(44)56(38)62-47-24-11-10-23-46(47)61-54-48(62)25-15-26-49(54)63(50-35-34-43-40-20-7-12-27-51(40)64-58(43)55(50)61)57-39(37-18-5-2-6-19-37)31-33-45-42-22-9-14-29-53(42)66-60(45)57/h1-35H. The Morgan fingerprint density at radius 3 is 1.26 bits per heavy atom. The van der Waals surface area contributed by atoms with Crippen LogP contribution >= 0.6 is 0 Å². The molecule has 0 N–H and O–H groups in total. The number of para-hydroxylation sites is 4. The minimum Gasteiger partial charge on any atom is -0.457 e. The van der Waals surface area contributed by atoms with Gasteiger partial charge >= 0.3 is 0 Å². The van der Waals surface area contributed by atoms with Crippen LogP contribution in [0.4, 0.5) is 34.1 Å². The Bertz CT molecular complexity index is 4130. The number of hydrogen-bond acceptors (Lipinski definition) is 5. The zero-order valence-electron chi connectivity index (χ0n) is 35.4. The highest BCUT2D eigenvalue weighted by atomic mass is 16.3. The first kappa shape index (κ1) is 35.7. The minimum absolute atomic E-state index is 0.190. The van der Waals surface area contributed by atoms with Crippen molar-refractivity contribution in [2.24, 2.45) is 0 Å². The molecule has 0 spiro atoms.